The average Bonchev–Trinajstić information content (AvgIpc) is 3.03. The van der Waals surface area contributed by atoms with E-state index in [1.807, 2.05) is 56.3 Å². The molecule has 0 saturated heterocycles. The zero-order valence-electron chi connectivity index (χ0n) is 16.2. The molecule has 0 radical (unpaired) electrons. The zero-order valence-corrected chi connectivity index (χ0v) is 16.2. The van der Waals surface area contributed by atoms with Gasteiger partial charge in [0.15, 0.2) is 5.76 Å². The molecule has 2 aromatic carbocycles. The Labute approximate surface area is 159 Å². The highest BCUT2D eigenvalue weighted by Crippen LogP contribution is 2.28. The van der Waals surface area contributed by atoms with E-state index in [2.05, 4.69) is 5.32 Å². The van der Waals surface area contributed by atoms with Crippen molar-refractivity contribution in [2.75, 3.05) is 14.2 Å². The van der Waals surface area contributed by atoms with Crippen LogP contribution in [0.25, 0.3) is 11.0 Å². The minimum atomic E-state index is -0.190. The van der Waals surface area contributed by atoms with Crippen LogP contribution in [0, 0.1) is 6.92 Å². The molecule has 27 heavy (non-hydrogen) atoms. The molecule has 0 aliphatic heterocycles. The van der Waals surface area contributed by atoms with Crippen LogP contribution in [0.15, 0.2) is 46.9 Å². The molecule has 1 unspecified atom stereocenters. The van der Waals surface area contributed by atoms with E-state index < -0.39 is 0 Å². The summed E-state index contributed by atoms with van der Waals surface area (Å²) in [5, 5.41) is 3.92. The molecule has 1 aromatic heterocycles. The summed E-state index contributed by atoms with van der Waals surface area (Å²) in [5.74, 6) is 1.75. The predicted molar refractivity (Wildman–Crippen MR) is 106 cm³/mol. The van der Waals surface area contributed by atoms with Crippen LogP contribution in [0.4, 0.5) is 0 Å². The maximum Gasteiger partial charge on any atom is 0.287 e. The van der Waals surface area contributed by atoms with Crippen LogP contribution in [0.1, 0.15) is 35.0 Å². The molecule has 1 atom stereocenters. The Bertz CT molecular complexity index is 927. The van der Waals surface area contributed by atoms with Gasteiger partial charge in [0, 0.05) is 17.0 Å². The van der Waals surface area contributed by atoms with Crippen molar-refractivity contribution in [1.29, 1.82) is 0 Å². The first-order valence-electron chi connectivity index (χ1n) is 9.02. The van der Waals surface area contributed by atoms with Crippen LogP contribution in [0.5, 0.6) is 11.5 Å². The second-order valence-electron chi connectivity index (χ2n) is 6.68. The van der Waals surface area contributed by atoms with Crippen molar-refractivity contribution in [2.24, 2.45) is 0 Å². The van der Waals surface area contributed by atoms with Gasteiger partial charge in [-0.2, -0.15) is 0 Å². The van der Waals surface area contributed by atoms with Crippen LogP contribution >= 0.6 is 0 Å². The summed E-state index contributed by atoms with van der Waals surface area (Å²) in [5.41, 5.74) is 2.72. The molecule has 3 aromatic rings. The Morgan fingerprint density at radius 2 is 1.74 bits per heavy atom. The maximum absolute atomic E-state index is 12.6. The molecule has 1 amide bonds. The molecule has 0 bridgehead atoms. The van der Waals surface area contributed by atoms with Crippen LogP contribution in [-0.4, -0.2) is 26.2 Å². The smallest absolute Gasteiger partial charge is 0.287 e. The van der Waals surface area contributed by atoms with Gasteiger partial charge in [-0.05, 0) is 62.6 Å². The lowest BCUT2D eigenvalue weighted by Crippen LogP contribution is -2.33. The highest BCUT2D eigenvalue weighted by atomic mass is 16.5. The summed E-state index contributed by atoms with van der Waals surface area (Å²) >= 11 is 0. The number of methoxy groups -OCH3 is 2. The lowest BCUT2D eigenvalue weighted by atomic mass is 10.1. The fourth-order valence-electron chi connectivity index (χ4n) is 3.08. The van der Waals surface area contributed by atoms with E-state index in [-0.39, 0.29) is 11.9 Å². The maximum atomic E-state index is 12.6. The summed E-state index contributed by atoms with van der Waals surface area (Å²) < 4.78 is 16.2. The molecular weight excluding hydrogens is 342 g/mol. The molecule has 5 heteroatoms. The monoisotopic (exact) mass is 367 g/mol. The minimum absolute atomic E-state index is 0.0294. The normalized spacial score (nSPS) is 12.0. The van der Waals surface area contributed by atoms with E-state index in [0.29, 0.717) is 11.3 Å². The number of hydrogen-bond donors (Lipinski definition) is 1. The number of hydrogen-bond acceptors (Lipinski definition) is 4. The minimum Gasteiger partial charge on any atom is -0.497 e. The third-order valence-electron chi connectivity index (χ3n) is 4.75. The van der Waals surface area contributed by atoms with E-state index in [4.69, 9.17) is 13.9 Å². The average molecular weight is 367 g/mol. The van der Waals surface area contributed by atoms with Crippen molar-refractivity contribution < 1.29 is 18.7 Å². The molecule has 0 fully saturated rings. The highest BCUT2D eigenvalue weighted by Gasteiger charge is 2.19. The number of benzene rings is 2. The number of fused-ring (bicyclic) bond motifs is 1. The summed E-state index contributed by atoms with van der Waals surface area (Å²) in [6.07, 6.45) is 1.72. The van der Waals surface area contributed by atoms with E-state index >= 15 is 0 Å². The molecule has 0 saturated carbocycles. The van der Waals surface area contributed by atoms with Crippen molar-refractivity contribution >= 4 is 16.9 Å². The molecule has 0 spiro atoms. The Kier molecular flexibility index (Phi) is 5.69. The van der Waals surface area contributed by atoms with Crippen LogP contribution in [0.3, 0.4) is 0 Å². The molecule has 142 valence electrons. The van der Waals surface area contributed by atoms with Gasteiger partial charge in [0.05, 0.1) is 14.2 Å². The number of carbonyl (C=O) groups is 1. The molecule has 0 aliphatic rings. The number of carbonyl (C=O) groups excluding carboxylic acids is 1. The van der Waals surface area contributed by atoms with Gasteiger partial charge in [0.2, 0.25) is 0 Å². The lowest BCUT2D eigenvalue weighted by molar-refractivity contribution is 0.0911. The third kappa shape index (κ3) is 4.25. The Balaban J connectivity index is 1.63. The number of furan rings is 1. The number of nitrogens with one attached hydrogen (secondary N) is 1. The topological polar surface area (TPSA) is 60.7 Å². The van der Waals surface area contributed by atoms with Crippen molar-refractivity contribution in [3.63, 3.8) is 0 Å². The Morgan fingerprint density at radius 3 is 2.41 bits per heavy atom. The SMILES string of the molecule is COc1ccc(CCC(C)NC(=O)c2oc3ccc(OC)cc3c2C)cc1. The number of aryl methyl sites for hydroxylation is 2. The number of amides is 1. The Hall–Kier alpha value is -2.95. The molecule has 1 heterocycles. The van der Waals surface area contributed by atoms with E-state index in [0.717, 1.165) is 35.3 Å². The number of rotatable bonds is 7. The van der Waals surface area contributed by atoms with Gasteiger partial charge in [-0.1, -0.05) is 12.1 Å². The van der Waals surface area contributed by atoms with Crippen molar-refractivity contribution in [3.05, 3.63) is 59.4 Å². The summed E-state index contributed by atoms with van der Waals surface area (Å²) in [7, 11) is 3.28. The molecule has 1 N–H and O–H groups in total. The largest absolute Gasteiger partial charge is 0.497 e. The van der Waals surface area contributed by atoms with Gasteiger partial charge >= 0.3 is 0 Å². The predicted octanol–water partition coefficient (Wildman–Crippen LogP) is 4.51. The van der Waals surface area contributed by atoms with E-state index in [1.165, 1.54) is 5.56 Å². The van der Waals surface area contributed by atoms with Crippen molar-refractivity contribution in [2.45, 2.75) is 32.7 Å². The fourth-order valence-corrected chi connectivity index (χ4v) is 3.08. The summed E-state index contributed by atoms with van der Waals surface area (Å²) in [6.45, 7) is 3.89. The van der Waals surface area contributed by atoms with Crippen LogP contribution < -0.4 is 14.8 Å². The molecule has 3 rings (SSSR count). The first kappa shape index (κ1) is 18.8. The van der Waals surface area contributed by atoms with Crippen LogP contribution in [-0.2, 0) is 6.42 Å². The Morgan fingerprint density at radius 1 is 1.07 bits per heavy atom. The first-order chi connectivity index (χ1) is 13.0. The van der Waals surface area contributed by atoms with Gasteiger partial charge < -0.3 is 19.2 Å². The number of ether oxygens (including phenoxy) is 2. The quantitative estimate of drug-likeness (QED) is 0.667. The van der Waals surface area contributed by atoms with Crippen molar-refractivity contribution in [1.82, 2.24) is 5.32 Å². The molecular formula is C22H25NO4. The van der Waals surface area contributed by atoms with Crippen LogP contribution in [0.2, 0.25) is 0 Å². The fraction of sp³-hybridized carbons (Fsp3) is 0.318. The van der Waals surface area contributed by atoms with Gasteiger partial charge in [0.1, 0.15) is 17.1 Å². The summed E-state index contributed by atoms with van der Waals surface area (Å²) in [4.78, 5) is 12.6. The second-order valence-corrected chi connectivity index (χ2v) is 6.68. The lowest BCUT2D eigenvalue weighted by Gasteiger charge is -2.13. The van der Waals surface area contributed by atoms with Gasteiger partial charge in [-0.15, -0.1) is 0 Å². The standard InChI is InChI=1S/C22H25NO4/c1-14(5-6-16-7-9-17(25-3)10-8-16)23-22(24)21-15(2)19-13-18(26-4)11-12-20(19)27-21/h7-14H,5-6H2,1-4H3,(H,23,24). The first-order valence-corrected chi connectivity index (χ1v) is 9.02. The summed E-state index contributed by atoms with van der Waals surface area (Å²) in [6, 6.07) is 13.6. The zero-order chi connectivity index (χ0) is 19.4. The van der Waals surface area contributed by atoms with E-state index in [9.17, 15) is 4.79 Å². The van der Waals surface area contributed by atoms with Gasteiger partial charge in [0.25, 0.3) is 5.91 Å². The molecule has 5 nitrogen and oxygen atoms in total. The second kappa shape index (κ2) is 8.16. The molecule has 0 aliphatic carbocycles. The van der Waals surface area contributed by atoms with E-state index in [1.54, 1.807) is 14.2 Å². The third-order valence-corrected chi connectivity index (χ3v) is 4.75. The van der Waals surface area contributed by atoms with Crippen molar-refractivity contribution in [3.8, 4) is 11.5 Å². The highest BCUT2D eigenvalue weighted by molar-refractivity contribution is 5.99. The van der Waals surface area contributed by atoms with Gasteiger partial charge in [-0.25, -0.2) is 0 Å². The van der Waals surface area contributed by atoms with Gasteiger partial charge in [-0.3, -0.25) is 4.79 Å².